The molecule has 0 amide bonds. The van der Waals surface area contributed by atoms with Gasteiger partial charge < -0.3 is 5.11 Å². The summed E-state index contributed by atoms with van der Waals surface area (Å²) in [5.41, 5.74) is 8.26. The van der Waals surface area contributed by atoms with Gasteiger partial charge in [-0.25, -0.2) is 4.79 Å². The van der Waals surface area contributed by atoms with Crippen LogP contribution in [0.25, 0.3) is 23.3 Å². The van der Waals surface area contributed by atoms with E-state index in [0.29, 0.717) is 5.56 Å². The maximum Gasteiger partial charge on any atom is 0.335 e. The number of carboxylic acid groups (broad SMARTS) is 1. The minimum Gasteiger partial charge on any atom is -0.478 e. The zero-order valence-electron chi connectivity index (χ0n) is 18.0. The molecule has 154 valence electrons. The van der Waals surface area contributed by atoms with Crippen LogP contribution in [0.5, 0.6) is 0 Å². The molecule has 0 fully saturated rings. The first kappa shape index (κ1) is 20.6. The number of rotatable bonds is 4. The van der Waals surface area contributed by atoms with E-state index >= 15 is 0 Å². The Balaban J connectivity index is 1.83. The van der Waals surface area contributed by atoms with Crippen molar-refractivity contribution in [3.63, 3.8) is 0 Å². The van der Waals surface area contributed by atoms with E-state index in [0.717, 1.165) is 5.56 Å². The molecule has 2 aromatic carbocycles. The van der Waals surface area contributed by atoms with Gasteiger partial charge in [-0.15, -0.1) is 0 Å². The molecule has 3 heteroatoms. The Labute approximate surface area is 182 Å². The van der Waals surface area contributed by atoms with Gasteiger partial charge in [0.25, 0.3) is 0 Å². The molecule has 0 atom stereocenters. The number of thiophene rings is 1. The summed E-state index contributed by atoms with van der Waals surface area (Å²) < 4.78 is 0. The van der Waals surface area contributed by atoms with Crippen molar-refractivity contribution in [2.75, 3.05) is 0 Å². The summed E-state index contributed by atoms with van der Waals surface area (Å²) in [7, 11) is 0. The minimum atomic E-state index is -0.898. The molecule has 1 N–H and O–H groups in total. The van der Waals surface area contributed by atoms with Gasteiger partial charge in [0, 0.05) is 0 Å². The molecule has 1 aliphatic carbocycles. The van der Waals surface area contributed by atoms with E-state index in [2.05, 4.69) is 68.8 Å². The van der Waals surface area contributed by atoms with Gasteiger partial charge in [0.15, 0.2) is 0 Å². The van der Waals surface area contributed by atoms with Crippen LogP contribution in [-0.4, -0.2) is 11.1 Å². The van der Waals surface area contributed by atoms with Gasteiger partial charge in [0.2, 0.25) is 0 Å². The minimum absolute atomic E-state index is 0.157. The van der Waals surface area contributed by atoms with E-state index in [-0.39, 0.29) is 10.8 Å². The zero-order chi connectivity index (χ0) is 21.5. The van der Waals surface area contributed by atoms with Crippen LogP contribution < -0.4 is 0 Å². The highest BCUT2D eigenvalue weighted by Gasteiger charge is 2.37. The summed E-state index contributed by atoms with van der Waals surface area (Å²) in [6.07, 6.45) is 6.62. The molecular formula is C27H28O2S. The highest BCUT2D eigenvalue weighted by molar-refractivity contribution is 7.08. The molecule has 1 heterocycles. The first-order valence-corrected chi connectivity index (χ1v) is 11.3. The monoisotopic (exact) mass is 416 g/mol. The van der Waals surface area contributed by atoms with Crippen LogP contribution in [0.15, 0.2) is 53.2 Å². The third-order valence-electron chi connectivity index (χ3n) is 6.47. The van der Waals surface area contributed by atoms with Gasteiger partial charge in [-0.05, 0) is 92.1 Å². The van der Waals surface area contributed by atoms with E-state index in [1.54, 1.807) is 23.5 Å². The lowest BCUT2D eigenvalue weighted by atomic mass is 9.62. The molecule has 4 rings (SSSR count). The number of carboxylic acids is 1. The van der Waals surface area contributed by atoms with Crippen molar-refractivity contribution in [2.45, 2.75) is 51.4 Å². The molecule has 0 aliphatic heterocycles. The average Bonchev–Trinajstić information content (AvgIpc) is 3.24. The summed E-state index contributed by atoms with van der Waals surface area (Å²) >= 11 is 1.72. The second-order valence-corrected chi connectivity index (χ2v) is 10.3. The Morgan fingerprint density at radius 3 is 2.13 bits per heavy atom. The van der Waals surface area contributed by atoms with Crippen LogP contribution in [-0.2, 0) is 10.8 Å². The van der Waals surface area contributed by atoms with Crippen LogP contribution in [0.2, 0.25) is 0 Å². The Bertz CT molecular complexity index is 1100. The fourth-order valence-electron chi connectivity index (χ4n) is 4.36. The number of benzene rings is 2. The smallest absolute Gasteiger partial charge is 0.335 e. The Morgan fingerprint density at radius 1 is 0.933 bits per heavy atom. The van der Waals surface area contributed by atoms with E-state index in [1.165, 1.54) is 40.7 Å². The summed E-state index contributed by atoms with van der Waals surface area (Å²) in [6, 6.07) is 14.0. The first-order chi connectivity index (χ1) is 14.2. The fraction of sp³-hybridized carbons (Fsp3) is 0.296. The molecule has 30 heavy (non-hydrogen) atoms. The van der Waals surface area contributed by atoms with Crippen molar-refractivity contribution < 1.29 is 9.90 Å². The normalized spacial score (nSPS) is 17.1. The lowest BCUT2D eigenvalue weighted by Gasteiger charge is -2.42. The average molecular weight is 417 g/mol. The third-order valence-corrected chi connectivity index (χ3v) is 7.15. The van der Waals surface area contributed by atoms with Crippen LogP contribution in [0, 0.1) is 0 Å². The molecule has 0 saturated heterocycles. The van der Waals surface area contributed by atoms with Crippen LogP contribution in [0.1, 0.15) is 73.1 Å². The molecule has 0 unspecified atom stereocenters. The highest BCUT2D eigenvalue weighted by Crippen LogP contribution is 2.48. The second-order valence-electron chi connectivity index (χ2n) is 9.53. The van der Waals surface area contributed by atoms with Crippen molar-refractivity contribution in [3.8, 4) is 11.1 Å². The lowest BCUT2D eigenvalue weighted by Crippen LogP contribution is -2.34. The van der Waals surface area contributed by atoms with Crippen molar-refractivity contribution in [1.29, 1.82) is 0 Å². The number of hydrogen-bond donors (Lipinski definition) is 1. The summed E-state index contributed by atoms with van der Waals surface area (Å²) in [6.45, 7) is 9.42. The van der Waals surface area contributed by atoms with Crippen molar-refractivity contribution in [1.82, 2.24) is 0 Å². The highest BCUT2D eigenvalue weighted by atomic mass is 32.1. The lowest BCUT2D eigenvalue weighted by molar-refractivity contribution is 0.0697. The maximum absolute atomic E-state index is 11.1. The number of hydrogen-bond acceptors (Lipinski definition) is 2. The van der Waals surface area contributed by atoms with Crippen LogP contribution in [0.4, 0.5) is 0 Å². The van der Waals surface area contributed by atoms with Crippen LogP contribution >= 0.6 is 11.3 Å². The quantitative estimate of drug-likeness (QED) is 0.444. The van der Waals surface area contributed by atoms with Gasteiger partial charge in [-0.3, -0.25) is 0 Å². The zero-order valence-corrected chi connectivity index (χ0v) is 18.8. The molecule has 3 aromatic rings. The van der Waals surface area contributed by atoms with Crippen molar-refractivity contribution in [3.05, 3.63) is 81.0 Å². The Hall–Kier alpha value is -2.65. The number of carbonyl (C=O) groups is 1. The third kappa shape index (κ3) is 3.87. The number of aromatic carboxylic acids is 1. The van der Waals surface area contributed by atoms with E-state index in [4.69, 9.17) is 5.11 Å². The molecule has 1 aromatic heterocycles. The van der Waals surface area contributed by atoms with Gasteiger partial charge in [-0.2, -0.15) is 11.3 Å². The summed E-state index contributed by atoms with van der Waals surface area (Å²) in [5, 5.41) is 13.4. The Morgan fingerprint density at radius 2 is 1.57 bits per heavy atom. The summed E-state index contributed by atoms with van der Waals surface area (Å²) in [5.74, 6) is -0.898. The predicted molar refractivity (Wildman–Crippen MR) is 127 cm³/mol. The van der Waals surface area contributed by atoms with Crippen molar-refractivity contribution >= 4 is 29.5 Å². The van der Waals surface area contributed by atoms with Gasteiger partial charge in [0.05, 0.1) is 5.56 Å². The maximum atomic E-state index is 11.1. The Kier molecular flexibility index (Phi) is 5.19. The molecular weight excluding hydrogens is 388 g/mol. The first-order valence-electron chi connectivity index (χ1n) is 10.4. The van der Waals surface area contributed by atoms with Gasteiger partial charge in [-0.1, -0.05) is 58.0 Å². The molecule has 0 radical (unpaired) electrons. The molecule has 0 bridgehead atoms. The van der Waals surface area contributed by atoms with Gasteiger partial charge >= 0.3 is 5.97 Å². The van der Waals surface area contributed by atoms with E-state index in [9.17, 15) is 4.79 Å². The molecule has 1 aliphatic rings. The summed E-state index contributed by atoms with van der Waals surface area (Å²) in [4.78, 5) is 11.1. The largest absolute Gasteiger partial charge is 0.478 e. The second kappa shape index (κ2) is 7.55. The standard InChI is InChI=1S/C27H28O2S/c1-26(2)12-13-27(3,4)24-16-22(21-11-14-30-17-21)20(15-23(24)26)10-7-18-5-8-19(9-6-18)25(28)29/h5-11,14-17H,12-13H2,1-4H3,(H,28,29). The topological polar surface area (TPSA) is 37.3 Å². The predicted octanol–water partition coefficient (Wildman–Crippen LogP) is 7.63. The fourth-order valence-corrected chi connectivity index (χ4v) is 5.01. The van der Waals surface area contributed by atoms with Crippen molar-refractivity contribution in [2.24, 2.45) is 0 Å². The number of fused-ring (bicyclic) bond motifs is 1. The van der Waals surface area contributed by atoms with E-state index < -0.39 is 5.97 Å². The molecule has 0 spiro atoms. The van der Waals surface area contributed by atoms with Crippen LogP contribution in [0.3, 0.4) is 0 Å². The molecule has 2 nitrogen and oxygen atoms in total. The molecule has 0 saturated carbocycles. The van der Waals surface area contributed by atoms with Gasteiger partial charge in [0.1, 0.15) is 0 Å². The van der Waals surface area contributed by atoms with E-state index in [1.807, 2.05) is 12.1 Å². The SMILES string of the molecule is CC1(C)CCC(C)(C)c2cc(-c3ccsc3)c(C=Cc3ccc(C(=O)O)cc3)cc21.